The summed E-state index contributed by atoms with van der Waals surface area (Å²) in [5.74, 6) is 0. The van der Waals surface area contributed by atoms with Crippen molar-refractivity contribution in [3.8, 4) is 0 Å². The number of nitrogens with one attached hydrogen (secondary N) is 1. The normalized spacial score (nSPS) is 9.56. The van der Waals surface area contributed by atoms with E-state index in [9.17, 15) is 0 Å². The molecule has 0 aliphatic rings. The Morgan fingerprint density at radius 1 is 1.06 bits per heavy atom. The third-order valence-electron chi connectivity index (χ3n) is 1.99. The molecule has 0 amide bonds. The second-order valence-corrected chi connectivity index (χ2v) is 4.03. The van der Waals surface area contributed by atoms with Crippen molar-refractivity contribution in [2.24, 2.45) is 0 Å². The Labute approximate surface area is 102 Å². The van der Waals surface area contributed by atoms with Crippen molar-refractivity contribution in [1.29, 1.82) is 0 Å². The van der Waals surface area contributed by atoms with Gasteiger partial charge in [0.1, 0.15) is 6.33 Å². The lowest BCUT2D eigenvalue weighted by atomic mass is 10.3. The molecule has 3 rings (SSSR count). The molecule has 80 valence electrons. The van der Waals surface area contributed by atoms with Crippen LogP contribution in [-0.4, -0.2) is 15.0 Å². The molecule has 0 radical (unpaired) electrons. The minimum absolute atomic E-state index is 1.12. The maximum absolute atomic E-state index is 3.67. The van der Waals surface area contributed by atoms with Crippen LogP contribution in [0.2, 0.25) is 0 Å². The third kappa shape index (κ3) is 2.90. The molecule has 16 heavy (non-hydrogen) atoms. The topological polar surface area (TPSA) is 41.6 Å². The summed E-state index contributed by atoms with van der Waals surface area (Å²) in [5, 5.41) is 1.24. The summed E-state index contributed by atoms with van der Waals surface area (Å²) in [5.41, 5.74) is 1.18. The van der Waals surface area contributed by atoms with Crippen LogP contribution in [0.3, 0.4) is 0 Å². The van der Waals surface area contributed by atoms with Crippen molar-refractivity contribution in [2.45, 2.75) is 0 Å². The van der Waals surface area contributed by atoms with Crippen molar-refractivity contribution >= 4 is 26.8 Å². The van der Waals surface area contributed by atoms with E-state index in [1.165, 1.54) is 17.2 Å². The predicted octanol–water partition coefficient (Wildman–Crippen LogP) is 3.41. The summed E-state index contributed by atoms with van der Waals surface area (Å²) >= 11 is 3.40. The number of rotatable bonds is 0. The fourth-order valence-corrected chi connectivity index (χ4v) is 1.66. The van der Waals surface area contributed by atoms with Gasteiger partial charge in [-0.3, -0.25) is 0 Å². The van der Waals surface area contributed by atoms with Gasteiger partial charge in [-0.05, 0) is 30.3 Å². The maximum atomic E-state index is 3.67. The molecule has 0 fully saturated rings. The molecular weight excluding hydrogens is 266 g/mol. The fraction of sp³-hybridized carbons (Fsp3) is 0. The third-order valence-corrected chi connectivity index (χ3v) is 2.49. The van der Waals surface area contributed by atoms with Crippen LogP contribution in [-0.2, 0) is 0 Å². The van der Waals surface area contributed by atoms with E-state index < -0.39 is 0 Å². The smallest absolute Gasteiger partial charge is 0.115 e. The Morgan fingerprint density at radius 3 is 2.50 bits per heavy atom. The Hall–Kier alpha value is -1.68. The molecule has 3 nitrogen and oxygen atoms in total. The van der Waals surface area contributed by atoms with Gasteiger partial charge in [-0.1, -0.05) is 15.9 Å². The van der Waals surface area contributed by atoms with E-state index in [0.717, 1.165) is 4.47 Å². The molecule has 2 heterocycles. The molecule has 0 atom stereocenters. The maximum Gasteiger partial charge on any atom is 0.115 e. The Morgan fingerprint density at radius 2 is 1.88 bits per heavy atom. The number of hydrogen-bond acceptors (Lipinski definition) is 2. The molecule has 0 aliphatic carbocycles. The van der Waals surface area contributed by atoms with Gasteiger partial charge < -0.3 is 4.98 Å². The SMILES string of the molecule is Brc1ccc2[nH]ccc2c1.c1cncnc1. The van der Waals surface area contributed by atoms with Gasteiger partial charge in [0.05, 0.1) is 0 Å². The average molecular weight is 276 g/mol. The molecule has 0 saturated carbocycles. The highest BCUT2D eigenvalue weighted by atomic mass is 79.9. The summed E-state index contributed by atoms with van der Waals surface area (Å²) in [6, 6.07) is 10.0. The number of aromatic amines is 1. The van der Waals surface area contributed by atoms with Crippen LogP contribution in [0.25, 0.3) is 10.9 Å². The molecule has 0 bridgehead atoms. The molecule has 0 aliphatic heterocycles. The minimum atomic E-state index is 1.12. The number of halogens is 1. The summed E-state index contributed by atoms with van der Waals surface area (Å²) < 4.78 is 1.12. The average Bonchev–Trinajstić information content (AvgIpc) is 2.79. The predicted molar refractivity (Wildman–Crippen MR) is 68.0 cm³/mol. The van der Waals surface area contributed by atoms with E-state index in [-0.39, 0.29) is 0 Å². The van der Waals surface area contributed by atoms with Crippen molar-refractivity contribution in [3.05, 3.63) is 59.7 Å². The molecule has 1 N–H and O–H groups in total. The number of fused-ring (bicyclic) bond motifs is 1. The van der Waals surface area contributed by atoms with Gasteiger partial charge in [0.2, 0.25) is 0 Å². The summed E-state index contributed by atoms with van der Waals surface area (Å²) in [6.45, 7) is 0. The first-order valence-electron chi connectivity index (χ1n) is 4.79. The zero-order valence-electron chi connectivity index (χ0n) is 8.47. The zero-order chi connectivity index (χ0) is 11.2. The first kappa shape index (κ1) is 10.8. The second-order valence-electron chi connectivity index (χ2n) is 3.11. The highest BCUT2D eigenvalue weighted by Crippen LogP contribution is 2.17. The van der Waals surface area contributed by atoms with Crippen LogP contribution in [0, 0.1) is 0 Å². The van der Waals surface area contributed by atoms with Gasteiger partial charge in [0.15, 0.2) is 0 Å². The molecule has 1 aromatic carbocycles. The van der Waals surface area contributed by atoms with Gasteiger partial charge in [0, 0.05) is 34.0 Å². The van der Waals surface area contributed by atoms with Crippen LogP contribution in [0.5, 0.6) is 0 Å². The molecule has 4 heteroatoms. The Kier molecular flexibility index (Phi) is 3.66. The lowest BCUT2D eigenvalue weighted by Crippen LogP contribution is -1.66. The molecular formula is C12H10BrN3. The number of benzene rings is 1. The number of nitrogens with zero attached hydrogens (tertiary/aromatic N) is 2. The molecule has 0 saturated heterocycles. The Balaban J connectivity index is 0.000000138. The molecule has 0 unspecified atom stereocenters. The minimum Gasteiger partial charge on any atom is -0.361 e. The van der Waals surface area contributed by atoms with Gasteiger partial charge in [-0.15, -0.1) is 0 Å². The van der Waals surface area contributed by atoms with E-state index in [0.29, 0.717) is 0 Å². The van der Waals surface area contributed by atoms with Crippen molar-refractivity contribution < 1.29 is 0 Å². The molecule has 3 aromatic rings. The van der Waals surface area contributed by atoms with Gasteiger partial charge in [0.25, 0.3) is 0 Å². The van der Waals surface area contributed by atoms with Gasteiger partial charge in [-0.2, -0.15) is 0 Å². The Bertz CT molecular complexity index is 522. The van der Waals surface area contributed by atoms with E-state index in [1.54, 1.807) is 18.5 Å². The summed E-state index contributed by atoms with van der Waals surface area (Å²) in [6.07, 6.45) is 6.82. The highest BCUT2D eigenvalue weighted by molar-refractivity contribution is 9.10. The lowest BCUT2D eigenvalue weighted by Gasteiger charge is -1.88. The zero-order valence-corrected chi connectivity index (χ0v) is 10.1. The first-order chi connectivity index (χ1) is 7.86. The molecule has 0 spiro atoms. The molecule has 2 aromatic heterocycles. The van der Waals surface area contributed by atoms with E-state index >= 15 is 0 Å². The van der Waals surface area contributed by atoms with Crippen molar-refractivity contribution in [1.82, 2.24) is 15.0 Å². The quantitative estimate of drug-likeness (QED) is 0.683. The van der Waals surface area contributed by atoms with Crippen LogP contribution in [0.1, 0.15) is 0 Å². The van der Waals surface area contributed by atoms with E-state index in [2.05, 4.69) is 49.1 Å². The number of H-pyrrole nitrogens is 1. The van der Waals surface area contributed by atoms with Gasteiger partial charge in [-0.25, -0.2) is 9.97 Å². The standard InChI is InChI=1S/C8H6BrN.C4H4N2/c9-7-1-2-8-6(5-7)3-4-10-8;1-2-5-4-6-3-1/h1-5,10H;1-4H. The number of hydrogen-bond donors (Lipinski definition) is 1. The fourth-order valence-electron chi connectivity index (χ4n) is 1.28. The first-order valence-corrected chi connectivity index (χ1v) is 5.58. The lowest BCUT2D eigenvalue weighted by molar-refractivity contribution is 1.17. The number of aromatic nitrogens is 3. The van der Waals surface area contributed by atoms with Crippen LogP contribution in [0.4, 0.5) is 0 Å². The van der Waals surface area contributed by atoms with Gasteiger partial charge >= 0.3 is 0 Å². The monoisotopic (exact) mass is 275 g/mol. The van der Waals surface area contributed by atoms with Crippen LogP contribution in [0.15, 0.2) is 59.7 Å². The van der Waals surface area contributed by atoms with Crippen molar-refractivity contribution in [3.63, 3.8) is 0 Å². The summed E-state index contributed by atoms with van der Waals surface area (Å²) in [7, 11) is 0. The van der Waals surface area contributed by atoms with E-state index in [4.69, 9.17) is 0 Å². The van der Waals surface area contributed by atoms with Crippen molar-refractivity contribution in [2.75, 3.05) is 0 Å². The van der Waals surface area contributed by atoms with Crippen LogP contribution >= 0.6 is 15.9 Å². The van der Waals surface area contributed by atoms with Crippen LogP contribution < -0.4 is 0 Å². The largest absolute Gasteiger partial charge is 0.361 e. The highest BCUT2D eigenvalue weighted by Gasteiger charge is 1.92. The second kappa shape index (κ2) is 5.42. The summed E-state index contributed by atoms with van der Waals surface area (Å²) in [4.78, 5) is 10.5. The van der Waals surface area contributed by atoms with E-state index in [1.807, 2.05) is 12.3 Å².